The van der Waals surface area contributed by atoms with Crippen molar-refractivity contribution in [3.63, 3.8) is 0 Å². The highest BCUT2D eigenvalue weighted by Crippen LogP contribution is 2.20. The van der Waals surface area contributed by atoms with Crippen molar-refractivity contribution in [2.45, 2.75) is 0 Å². The van der Waals surface area contributed by atoms with Crippen LogP contribution in [0.1, 0.15) is 11.1 Å². The van der Waals surface area contributed by atoms with Gasteiger partial charge in [-0.1, -0.05) is 30.3 Å². The molecule has 2 aromatic rings. The second kappa shape index (κ2) is 8.98. The molecule has 1 aliphatic heterocycles. The number of benzene rings is 2. The molecule has 1 aliphatic rings. The molecule has 0 saturated carbocycles. The monoisotopic (exact) mass is 388 g/mol. The van der Waals surface area contributed by atoms with Crippen LogP contribution in [0.3, 0.4) is 0 Å². The highest BCUT2D eigenvalue weighted by molar-refractivity contribution is 6.18. The van der Waals surface area contributed by atoms with E-state index in [4.69, 9.17) is 6.57 Å². The van der Waals surface area contributed by atoms with E-state index in [0.29, 0.717) is 30.2 Å². The molecule has 1 heterocycles. The molecule has 0 atom stereocenters. The SMILES string of the molecule is [C-]#[N+]CCN(C)c1ccc(/C=C2N=C(/C=C/c3cccc(F)c3)N(C)C\2=O)cc1. The molecule has 0 fully saturated rings. The maximum Gasteiger partial charge on any atom is 0.277 e. The minimum absolute atomic E-state index is 0.192. The van der Waals surface area contributed by atoms with Crippen molar-refractivity contribution in [1.29, 1.82) is 0 Å². The Kier molecular flexibility index (Phi) is 6.20. The van der Waals surface area contributed by atoms with Gasteiger partial charge < -0.3 is 9.74 Å². The zero-order valence-corrected chi connectivity index (χ0v) is 16.3. The summed E-state index contributed by atoms with van der Waals surface area (Å²) in [6, 6.07) is 14.0. The Balaban J connectivity index is 1.77. The largest absolute Gasteiger partial charge is 0.367 e. The molecule has 1 amide bonds. The average molecular weight is 388 g/mol. The summed E-state index contributed by atoms with van der Waals surface area (Å²) in [7, 11) is 3.60. The molecule has 0 aliphatic carbocycles. The lowest BCUT2D eigenvalue weighted by Crippen LogP contribution is -2.26. The number of hydrogen-bond donors (Lipinski definition) is 0. The second-order valence-electron chi connectivity index (χ2n) is 6.65. The maximum atomic E-state index is 13.3. The summed E-state index contributed by atoms with van der Waals surface area (Å²) in [6.45, 7) is 7.99. The first kappa shape index (κ1) is 20.0. The topological polar surface area (TPSA) is 40.3 Å². The number of carbonyl (C=O) groups is 1. The number of nitrogens with zero attached hydrogens (tertiary/aromatic N) is 4. The van der Waals surface area contributed by atoms with Gasteiger partial charge in [0, 0.05) is 19.8 Å². The van der Waals surface area contributed by atoms with Crippen LogP contribution in [0.2, 0.25) is 0 Å². The zero-order valence-electron chi connectivity index (χ0n) is 16.3. The number of rotatable bonds is 6. The lowest BCUT2D eigenvalue weighted by atomic mass is 10.1. The molecule has 0 unspecified atom stereocenters. The van der Waals surface area contributed by atoms with E-state index in [0.717, 1.165) is 11.3 Å². The fraction of sp³-hybridized carbons (Fsp3) is 0.174. The van der Waals surface area contributed by atoms with Crippen LogP contribution in [0.15, 0.2) is 65.3 Å². The van der Waals surface area contributed by atoms with E-state index in [1.54, 1.807) is 37.4 Å². The smallest absolute Gasteiger partial charge is 0.277 e. The van der Waals surface area contributed by atoms with Crippen LogP contribution in [-0.2, 0) is 4.79 Å². The Morgan fingerprint density at radius 1 is 1.17 bits per heavy atom. The summed E-state index contributed by atoms with van der Waals surface area (Å²) in [4.78, 5) is 23.7. The van der Waals surface area contributed by atoms with Gasteiger partial charge in [-0.3, -0.25) is 9.69 Å². The molecule has 0 bridgehead atoms. The van der Waals surface area contributed by atoms with Crippen LogP contribution in [-0.4, -0.2) is 43.8 Å². The van der Waals surface area contributed by atoms with E-state index in [9.17, 15) is 9.18 Å². The molecule has 29 heavy (non-hydrogen) atoms. The van der Waals surface area contributed by atoms with Crippen LogP contribution >= 0.6 is 0 Å². The predicted octanol–water partition coefficient (Wildman–Crippen LogP) is 4.11. The van der Waals surface area contributed by atoms with Crippen molar-refractivity contribution in [3.05, 3.63) is 88.7 Å². The van der Waals surface area contributed by atoms with Gasteiger partial charge in [0.05, 0.1) is 6.54 Å². The van der Waals surface area contributed by atoms with Gasteiger partial charge in [0.2, 0.25) is 6.54 Å². The first-order valence-electron chi connectivity index (χ1n) is 9.14. The number of amidine groups is 1. The second-order valence-corrected chi connectivity index (χ2v) is 6.65. The molecule has 0 aromatic heterocycles. The van der Waals surface area contributed by atoms with Gasteiger partial charge in [-0.15, -0.1) is 0 Å². The van der Waals surface area contributed by atoms with Crippen molar-refractivity contribution in [1.82, 2.24) is 4.90 Å². The summed E-state index contributed by atoms with van der Waals surface area (Å²) in [5, 5.41) is 0. The van der Waals surface area contributed by atoms with Crippen molar-refractivity contribution in [2.75, 3.05) is 32.1 Å². The van der Waals surface area contributed by atoms with Crippen molar-refractivity contribution < 1.29 is 9.18 Å². The minimum Gasteiger partial charge on any atom is -0.367 e. The van der Waals surface area contributed by atoms with E-state index in [1.807, 2.05) is 36.2 Å². The molecule has 5 nitrogen and oxygen atoms in total. The van der Waals surface area contributed by atoms with E-state index < -0.39 is 0 Å². The van der Waals surface area contributed by atoms with Gasteiger partial charge in [-0.2, -0.15) is 0 Å². The van der Waals surface area contributed by atoms with E-state index in [1.165, 1.54) is 17.0 Å². The number of likely N-dealkylation sites (N-methyl/N-ethyl adjacent to an activating group) is 2. The first-order valence-corrected chi connectivity index (χ1v) is 9.14. The van der Waals surface area contributed by atoms with Crippen LogP contribution in [0.5, 0.6) is 0 Å². The summed E-state index contributed by atoms with van der Waals surface area (Å²) in [5.74, 6) is -0.00291. The molecular weight excluding hydrogens is 367 g/mol. The third-order valence-electron chi connectivity index (χ3n) is 4.56. The number of aliphatic imine (C=N–C) groups is 1. The van der Waals surface area contributed by atoms with E-state index in [-0.39, 0.29) is 11.7 Å². The molecule has 6 heteroatoms. The Hall–Kier alpha value is -3.72. The third-order valence-corrected chi connectivity index (χ3v) is 4.56. The van der Waals surface area contributed by atoms with Crippen LogP contribution in [0, 0.1) is 12.4 Å². The summed E-state index contributed by atoms with van der Waals surface area (Å²) < 4.78 is 13.3. The molecular formula is C23H21FN4O. The number of anilines is 1. The highest BCUT2D eigenvalue weighted by Gasteiger charge is 2.25. The molecule has 0 N–H and O–H groups in total. The van der Waals surface area contributed by atoms with Crippen LogP contribution in [0.4, 0.5) is 10.1 Å². The van der Waals surface area contributed by atoms with Crippen molar-refractivity contribution in [3.8, 4) is 0 Å². The first-order chi connectivity index (χ1) is 14.0. The van der Waals surface area contributed by atoms with Crippen molar-refractivity contribution in [2.24, 2.45) is 4.99 Å². The van der Waals surface area contributed by atoms with Gasteiger partial charge >= 0.3 is 0 Å². The highest BCUT2D eigenvalue weighted by atomic mass is 19.1. The Morgan fingerprint density at radius 3 is 2.62 bits per heavy atom. The standard InChI is InChI=1S/C23H21FN4O/c1-25-13-14-27(2)20-10-7-18(8-11-20)16-21-23(29)28(3)22(26-21)12-9-17-5-4-6-19(24)15-17/h4-12,15-16H,13-14H2,2-3H3/b12-9+,21-16-. The fourth-order valence-corrected chi connectivity index (χ4v) is 2.86. The normalized spacial score (nSPS) is 15.1. The minimum atomic E-state index is -0.311. The van der Waals surface area contributed by atoms with Gasteiger partial charge in [0.15, 0.2) is 0 Å². The quantitative estimate of drug-likeness (QED) is 0.552. The summed E-state index contributed by atoms with van der Waals surface area (Å²) >= 11 is 0. The van der Waals surface area contributed by atoms with Crippen LogP contribution in [0.25, 0.3) is 17.0 Å². The Labute approximate surface area is 169 Å². The molecule has 0 spiro atoms. The third kappa shape index (κ3) is 4.96. The Morgan fingerprint density at radius 2 is 1.93 bits per heavy atom. The number of carbonyl (C=O) groups excluding carboxylic acids is 1. The van der Waals surface area contributed by atoms with Gasteiger partial charge in [0.1, 0.15) is 17.3 Å². The van der Waals surface area contributed by atoms with Crippen LogP contribution < -0.4 is 4.90 Å². The number of amides is 1. The molecule has 146 valence electrons. The van der Waals surface area contributed by atoms with Gasteiger partial charge in [0.25, 0.3) is 5.91 Å². The fourth-order valence-electron chi connectivity index (χ4n) is 2.86. The lowest BCUT2D eigenvalue weighted by Gasteiger charge is -2.16. The van der Waals surface area contributed by atoms with E-state index in [2.05, 4.69) is 9.84 Å². The van der Waals surface area contributed by atoms with E-state index >= 15 is 0 Å². The number of halogens is 1. The zero-order chi connectivity index (χ0) is 20.8. The maximum absolute atomic E-state index is 13.3. The molecule has 0 radical (unpaired) electrons. The predicted molar refractivity (Wildman–Crippen MR) is 115 cm³/mol. The molecule has 0 saturated heterocycles. The average Bonchev–Trinajstić information content (AvgIpc) is 2.99. The summed E-state index contributed by atoms with van der Waals surface area (Å²) in [6.07, 6.45) is 5.16. The molecule has 3 rings (SSSR count). The summed E-state index contributed by atoms with van der Waals surface area (Å²) in [5.41, 5.74) is 2.92. The van der Waals surface area contributed by atoms with Crippen molar-refractivity contribution >= 4 is 29.6 Å². The van der Waals surface area contributed by atoms with Gasteiger partial charge in [-0.25, -0.2) is 16.0 Å². The number of hydrogen-bond acceptors (Lipinski definition) is 3. The Bertz CT molecular complexity index is 1030. The molecule has 2 aromatic carbocycles. The lowest BCUT2D eigenvalue weighted by molar-refractivity contribution is -0.121. The van der Waals surface area contributed by atoms with Gasteiger partial charge in [-0.05, 0) is 47.5 Å².